The second kappa shape index (κ2) is 4.35. The molecule has 0 saturated heterocycles. The van der Waals surface area contributed by atoms with Crippen LogP contribution < -0.4 is 5.73 Å². The Morgan fingerprint density at radius 2 is 2.38 bits per heavy atom. The van der Waals surface area contributed by atoms with Crippen LogP contribution in [0.25, 0.3) is 0 Å². The third-order valence-corrected chi connectivity index (χ3v) is 1.58. The van der Waals surface area contributed by atoms with Gasteiger partial charge in [0.25, 0.3) is 0 Å². The number of aromatic nitrogens is 1. The molecule has 13 heavy (non-hydrogen) atoms. The van der Waals surface area contributed by atoms with Gasteiger partial charge in [0.15, 0.2) is 0 Å². The van der Waals surface area contributed by atoms with Crippen LogP contribution in [0.4, 0.5) is 5.82 Å². The van der Waals surface area contributed by atoms with Crippen molar-refractivity contribution in [1.29, 1.82) is 5.26 Å². The van der Waals surface area contributed by atoms with Gasteiger partial charge in [-0.2, -0.15) is 5.26 Å². The summed E-state index contributed by atoms with van der Waals surface area (Å²) >= 11 is 5.80. The largest absolute Gasteiger partial charge is 0.384 e. The van der Waals surface area contributed by atoms with E-state index in [1.807, 2.05) is 6.07 Å². The van der Waals surface area contributed by atoms with E-state index in [1.165, 1.54) is 12.3 Å². The van der Waals surface area contributed by atoms with Crippen molar-refractivity contribution < 1.29 is 0 Å². The Bertz CT molecular complexity index is 409. The van der Waals surface area contributed by atoms with Crippen molar-refractivity contribution in [3.8, 4) is 17.9 Å². The highest BCUT2D eigenvalue weighted by atomic mass is 35.5. The summed E-state index contributed by atoms with van der Waals surface area (Å²) in [5, 5.41) is 8.69. The minimum atomic E-state index is 0.181. The van der Waals surface area contributed by atoms with E-state index in [9.17, 15) is 0 Å². The van der Waals surface area contributed by atoms with Crippen LogP contribution in [0.5, 0.6) is 0 Å². The molecule has 0 aliphatic rings. The van der Waals surface area contributed by atoms with E-state index < -0.39 is 0 Å². The van der Waals surface area contributed by atoms with Crippen LogP contribution in [-0.4, -0.2) is 4.98 Å². The summed E-state index contributed by atoms with van der Waals surface area (Å²) < 4.78 is 0. The van der Waals surface area contributed by atoms with Crippen LogP contribution >= 0.6 is 11.6 Å². The molecule has 0 spiro atoms. The predicted molar refractivity (Wildman–Crippen MR) is 50.8 cm³/mol. The van der Waals surface area contributed by atoms with Gasteiger partial charge in [-0.3, -0.25) is 0 Å². The Balaban J connectivity index is 2.93. The Morgan fingerprint density at radius 1 is 1.62 bits per heavy atom. The lowest BCUT2D eigenvalue weighted by Crippen LogP contribution is -1.90. The number of hydrogen-bond acceptors (Lipinski definition) is 3. The zero-order chi connectivity index (χ0) is 9.68. The van der Waals surface area contributed by atoms with E-state index in [4.69, 9.17) is 22.6 Å². The number of rotatable bonds is 0. The molecule has 64 valence electrons. The quantitative estimate of drug-likeness (QED) is 0.634. The fourth-order valence-electron chi connectivity index (χ4n) is 0.717. The van der Waals surface area contributed by atoms with Crippen LogP contribution in [0.2, 0.25) is 5.02 Å². The Morgan fingerprint density at radius 3 is 3.00 bits per heavy atom. The number of nitrogen functional groups attached to an aromatic ring is 1. The number of anilines is 1. The first-order valence-electron chi connectivity index (χ1n) is 3.51. The molecule has 0 atom stereocenters. The summed E-state index contributed by atoms with van der Waals surface area (Å²) in [6.45, 7) is 0. The molecule has 0 amide bonds. The molecule has 0 aliphatic carbocycles. The SMILES string of the molecule is N#CCC#Cc1cnc(N)cc1Cl. The molecule has 1 aromatic rings. The molecule has 1 heterocycles. The molecule has 3 nitrogen and oxygen atoms in total. The van der Waals surface area contributed by atoms with E-state index >= 15 is 0 Å². The Labute approximate surface area is 81.1 Å². The summed E-state index contributed by atoms with van der Waals surface area (Å²) in [7, 11) is 0. The minimum Gasteiger partial charge on any atom is -0.384 e. The van der Waals surface area contributed by atoms with Crippen LogP contribution in [0.3, 0.4) is 0 Å². The molecular weight excluding hydrogens is 186 g/mol. The zero-order valence-corrected chi connectivity index (χ0v) is 7.47. The van der Waals surface area contributed by atoms with Crippen molar-refractivity contribution in [3.05, 3.63) is 22.8 Å². The normalized spacial score (nSPS) is 8.31. The Kier molecular flexibility index (Phi) is 3.14. The molecule has 0 bridgehead atoms. The summed E-state index contributed by atoms with van der Waals surface area (Å²) in [4.78, 5) is 3.83. The number of nitrogens with zero attached hydrogens (tertiary/aromatic N) is 2. The van der Waals surface area contributed by atoms with Crippen molar-refractivity contribution in [2.45, 2.75) is 6.42 Å². The van der Waals surface area contributed by atoms with Gasteiger partial charge in [-0.1, -0.05) is 23.4 Å². The molecule has 0 saturated carbocycles. The topological polar surface area (TPSA) is 62.7 Å². The van der Waals surface area contributed by atoms with Gasteiger partial charge in [-0.05, 0) is 0 Å². The number of nitrogens with two attached hydrogens (primary N) is 1. The molecule has 2 N–H and O–H groups in total. The average Bonchev–Trinajstić information content (AvgIpc) is 2.09. The highest BCUT2D eigenvalue weighted by molar-refractivity contribution is 6.31. The molecular formula is C9H6ClN3. The van der Waals surface area contributed by atoms with Gasteiger partial charge in [0, 0.05) is 12.3 Å². The average molecular weight is 192 g/mol. The fraction of sp³-hybridized carbons (Fsp3) is 0.111. The second-order valence-corrected chi connectivity index (χ2v) is 2.63. The molecule has 0 aromatic carbocycles. The Hall–Kier alpha value is -1.71. The smallest absolute Gasteiger partial charge is 0.124 e. The lowest BCUT2D eigenvalue weighted by Gasteiger charge is -1.95. The first-order chi connectivity index (χ1) is 6.24. The van der Waals surface area contributed by atoms with Crippen molar-refractivity contribution in [1.82, 2.24) is 4.98 Å². The lowest BCUT2D eigenvalue weighted by molar-refractivity contribution is 1.32. The maximum atomic E-state index is 8.24. The van der Waals surface area contributed by atoms with Gasteiger partial charge in [0.1, 0.15) is 5.82 Å². The van der Waals surface area contributed by atoms with Crippen molar-refractivity contribution in [2.24, 2.45) is 0 Å². The maximum Gasteiger partial charge on any atom is 0.124 e. The highest BCUT2D eigenvalue weighted by Gasteiger charge is 1.96. The number of hydrogen-bond donors (Lipinski definition) is 1. The fourth-order valence-corrected chi connectivity index (χ4v) is 0.924. The molecule has 0 radical (unpaired) electrons. The highest BCUT2D eigenvalue weighted by Crippen LogP contribution is 2.15. The molecule has 1 aromatic heterocycles. The monoisotopic (exact) mass is 191 g/mol. The van der Waals surface area contributed by atoms with Crippen molar-refractivity contribution in [2.75, 3.05) is 5.73 Å². The van der Waals surface area contributed by atoms with E-state index in [2.05, 4.69) is 16.8 Å². The van der Waals surface area contributed by atoms with Crippen LogP contribution in [-0.2, 0) is 0 Å². The van der Waals surface area contributed by atoms with E-state index in [0.717, 1.165) is 0 Å². The maximum absolute atomic E-state index is 8.24. The van der Waals surface area contributed by atoms with Gasteiger partial charge in [0.05, 0.1) is 23.1 Å². The van der Waals surface area contributed by atoms with E-state index in [0.29, 0.717) is 16.4 Å². The van der Waals surface area contributed by atoms with Gasteiger partial charge < -0.3 is 5.73 Å². The van der Waals surface area contributed by atoms with Gasteiger partial charge in [-0.25, -0.2) is 4.98 Å². The second-order valence-electron chi connectivity index (χ2n) is 2.23. The number of halogens is 1. The van der Waals surface area contributed by atoms with Crippen molar-refractivity contribution in [3.63, 3.8) is 0 Å². The van der Waals surface area contributed by atoms with E-state index in [-0.39, 0.29) is 6.42 Å². The minimum absolute atomic E-state index is 0.181. The zero-order valence-electron chi connectivity index (χ0n) is 6.71. The molecule has 0 unspecified atom stereocenters. The van der Waals surface area contributed by atoms with Crippen LogP contribution in [0, 0.1) is 23.2 Å². The summed E-state index contributed by atoms with van der Waals surface area (Å²) in [5.41, 5.74) is 5.98. The summed E-state index contributed by atoms with van der Waals surface area (Å²) in [6.07, 6.45) is 1.67. The predicted octanol–water partition coefficient (Wildman–Crippen LogP) is 1.58. The number of nitriles is 1. The van der Waals surface area contributed by atoms with Crippen molar-refractivity contribution >= 4 is 17.4 Å². The first-order valence-corrected chi connectivity index (χ1v) is 3.88. The number of pyridine rings is 1. The molecule has 4 heteroatoms. The lowest BCUT2D eigenvalue weighted by atomic mass is 10.3. The van der Waals surface area contributed by atoms with Crippen LogP contribution in [0.15, 0.2) is 12.3 Å². The van der Waals surface area contributed by atoms with Crippen LogP contribution in [0.1, 0.15) is 12.0 Å². The van der Waals surface area contributed by atoms with Gasteiger partial charge in [-0.15, -0.1) is 0 Å². The summed E-state index contributed by atoms with van der Waals surface area (Å²) in [6, 6.07) is 3.43. The molecule has 1 rings (SSSR count). The van der Waals surface area contributed by atoms with E-state index in [1.54, 1.807) is 0 Å². The third-order valence-electron chi connectivity index (χ3n) is 1.27. The first kappa shape index (κ1) is 9.38. The molecule has 0 fully saturated rings. The van der Waals surface area contributed by atoms with Gasteiger partial charge >= 0.3 is 0 Å². The summed E-state index contributed by atoms with van der Waals surface area (Å²) in [5.74, 6) is 5.71. The third kappa shape index (κ3) is 2.66. The van der Waals surface area contributed by atoms with Gasteiger partial charge in [0.2, 0.25) is 0 Å². The standard InChI is InChI=1S/C9H6ClN3/c10-8-5-9(12)13-6-7(8)3-1-2-4-11/h5-6H,2H2,(H2,12,13). The molecule has 0 aliphatic heterocycles.